The SMILES string of the molecule is CSC1CCCCC1NCC(O)COC(C)(C)C. The molecule has 0 bridgehead atoms. The van der Waals surface area contributed by atoms with Crippen LogP contribution in [0.2, 0.25) is 0 Å². The van der Waals surface area contributed by atoms with Crippen molar-refractivity contribution in [1.29, 1.82) is 0 Å². The third kappa shape index (κ3) is 6.41. The van der Waals surface area contributed by atoms with Crippen molar-refractivity contribution >= 4 is 11.8 Å². The molecule has 3 unspecified atom stereocenters. The van der Waals surface area contributed by atoms with Crippen LogP contribution >= 0.6 is 11.8 Å². The fourth-order valence-corrected chi connectivity index (χ4v) is 3.27. The Hall–Kier alpha value is 0.230. The first kappa shape index (κ1) is 16.3. The minimum Gasteiger partial charge on any atom is -0.389 e. The molecule has 4 heteroatoms. The fourth-order valence-electron chi connectivity index (χ4n) is 2.31. The Labute approximate surface area is 116 Å². The maximum absolute atomic E-state index is 9.91. The molecule has 3 atom stereocenters. The lowest BCUT2D eigenvalue weighted by Gasteiger charge is -2.32. The first-order chi connectivity index (χ1) is 8.42. The van der Waals surface area contributed by atoms with Crippen molar-refractivity contribution in [2.45, 2.75) is 69.5 Å². The molecule has 18 heavy (non-hydrogen) atoms. The predicted molar refractivity (Wildman–Crippen MR) is 79.3 cm³/mol. The zero-order valence-corrected chi connectivity index (χ0v) is 13.1. The van der Waals surface area contributed by atoms with E-state index >= 15 is 0 Å². The second-order valence-electron chi connectivity index (χ2n) is 6.15. The van der Waals surface area contributed by atoms with Gasteiger partial charge in [-0.2, -0.15) is 11.8 Å². The maximum Gasteiger partial charge on any atom is 0.0898 e. The van der Waals surface area contributed by atoms with Crippen LogP contribution in [0, 0.1) is 0 Å². The molecule has 3 nitrogen and oxygen atoms in total. The van der Waals surface area contributed by atoms with Crippen molar-refractivity contribution in [2.75, 3.05) is 19.4 Å². The Bertz CT molecular complexity index is 230. The summed E-state index contributed by atoms with van der Waals surface area (Å²) in [5.74, 6) is 0. The van der Waals surface area contributed by atoms with Gasteiger partial charge in [-0.05, 0) is 39.9 Å². The van der Waals surface area contributed by atoms with Gasteiger partial charge in [-0.25, -0.2) is 0 Å². The van der Waals surface area contributed by atoms with E-state index in [1.54, 1.807) is 0 Å². The van der Waals surface area contributed by atoms with E-state index in [1.165, 1.54) is 25.7 Å². The zero-order valence-electron chi connectivity index (χ0n) is 12.2. The number of hydrogen-bond acceptors (Lipinski definition) is 4. The summed E-state index contributed by atoms with van der Waals surface area (Å²) < 4.78 is 5.59. The minimum absolute atomic E-state index is 0.173. The van der Waals surface area contributed by atoms with E-state index in [2.05, 4.69) is 11.6 Å². The average Bonchev–Trinajstić information content (AvgIpc) is 2.33. The lowest BCUT2D eigenvalue weighted by molar-refractivity contribution is -0.0485. The summed E-state index contributed by atoms with van der Waals surface area (Å²) in [6.45, 7) is 7.08. The third-order valence-electron chi connectivity index (χ3n) is 3.33. The maximum atomic E-state index is 9.91. The Morgan fingerprint density at radius 1 is 1.33 bits per heavy atom. The number of aliphatic hydroxyl groups is 1. The second-order valence-corrected chi connectivity index (χ2v) is 7.23. The number of nitrogens with one attached hydrogen (secondary N) is 1. The van der Waals surface area contributed by atoms with Crippen LogP contribution in [0.25, 0.3) is 0 Å². The first-order valence-corrected chi connectivity index (χ1v) is 8.29. The van der Waals surface area contributed by atoms with Gasteiger partial charge in [0.15, 0.2) is 0 Å². The van der Waals surface area contributed by atoms with Gasteiger partial charge >= 0.3 is 0 Å². The monoisotopic (exact) mass is 275 g/mol. The number of aliphatic hydroxyl groups excluding tert-OH is 1. The van der Waals surface area contributed by atoms with Crippen LogP contribution in [-0.4, -0.2) is 47.5 Å². The minimum atomic E-state index is -0.409. The lowest BCUT2D eigenvalue weighted by atomic mass is 9.95. The molecule has 0 aliphatic heterocycles. The number of ether oxygens (including phenoxy) is 1. The molecule has 0 saturated heterocycles. The Kier molecular flexibility index (Phi) is 6.99. The van der Waals surface area contributed by atoms with Crippen LogP contribution in [0.3, 0.4) is 0 Å². The third-order valence-corrected chi connectivity index (χ3v) is 4.50. The highest BCUT2D eigenvalue weighted by molar-refractivity contribution is 7.99. The number of rotatable bonds is 6. The van der Waals surface area contributed by atoms with Gasteiger partial charge in [0.05, 0.1) is 18.3 Å². The molecule has 1 aliphatic rings. The van der Waals surface area contributed by atoms with Gasteiger partial charge in [0, 0.05) is 17.8 Å². The van der Waals surface area contributed by atoms with Gasteiger partial charge < -0.3 is 15.2 Å². The normalized spacial score (nSPS) is 27.2. The van der Waals surface area contributed by atoms with Gasteiger partial charge in [0.2, 0.25) is 0 Å². The van der Waals surface area contributed by atoms with E-state index < -0.39 is 6.10 Å². The molecule has 1 rings (SSSR count). The van der Waals surface area contributed by atoms with E-state index in [0.717, 1.165) is 0 Å². The molecule has 0 heterocycles. The van der Waals surface area contributed by atoms with E-state index in [0.29, 0.717) is 24.4 Å². The van der Waals surface area contributed by atoms with Crippen molar-refractivity contribution < 1.29 is 9.84 Å². The van der Waals surface area contributed by atoms with Crippen molar-refractivity contribution in [1.82, 2.24) is 5.32 Å². The second kappa shape index (κ2) is 7.73. The smallest absolute Gasteiger partial charge is 0.0898 e. The van der Waals surface area contributed by atoms with Crippen LogP contribution in [0.1, 0.15) is 46.5 Å². The van der Waals surface area contributed by atoms with Gasteiger partial charge in [-0.15, -0.1) is 0 Å². The average molecular weight is 275 g/mol. The number of hydrogen-bond donors (Lipinski definition) is 2. The standard InChI is InChI=1S/C14H29NO2S/c1-14(2,3)17-10-11(16)9-15-12-7-5-6-8-13(12)18-4/h11-13,15-16H,5-10H2,1-4H3. The molecule has 2 N–H and O–H groups in total. The van der Waals surface area contributed by atoms with Crippen LogP contribution in [0.15, 0.2) is 0 Å². The molecule has 0 spiro atoms. The topological polar surface area (TPSA) is 41.5 Å². The summed E-state index contributed by atoms with van der Waals surface area (Å²) in [7, 11) is 0. The van der Waals surface area contributed by atoms with E-state index in [-0.39, 0.29) is 5.60 Å². The summed E-state index contributed by atoms with van der Waals surface area (Å²) in [4.78, 5) is 0. The molecule has 1 aliphatic carbocycles. The fraction of sp³-hybridized carbons (Fsp3) is 1.00. The van der Waals surface area contributed by atoms with Gasteiger partial charge in [0.1, 0.15) is 0 Å². The van der Waals surface area contributed by atoms with Gasteiger partial charge in [-0.1, -0.05) is 12.8 Å². The predicted octanol–water partition coefficient (Wildman–Crippen LogP) is 2.43. The van der Waals surface area contributed by atoms with Crippen molar-refractivity contribution in [2.24, 2.45) is 0 Å². The van der Waals surface area contributed by atoms with Crippen LogP contribution in [-0.2, 0) is 4.74 Å². The van der Waals surface area contributed by atoms with E-state index in [9.17, 15) is 5.11 Å². The van der Waals surface area contributed by atoms with Crippen LogP contribution in [0.4, 0.5) is 0 Å². The Morgan fingerprint density at radius 3 is 2.61 bits per heavy atom. The number of thioether (sulfide) groups is 1. The summed E-state index contributed by atoms with van der Waals surface area (Å²) in [6.07, 6.45) is 6.96. The molecule has 108 valence electrons. The molecule has 0 amide bonds. The highest BCUT2D eigenvalue weighted by atomic mass is 32.2. The Morgan fingerprint density at radius 2 is 2.00 bits per heavy atom. The molecule has 0 aromatic carbocycles. The molecule has 0 radical (unpaired) electrons. The summed E-state index contributed by atoms with van der Waals surface area (Å²) in [5.41, 5.74) is -0.173. The van der Waals surface area contributed by atoms with Gasteiger partial charge in [-0.3, -0.25) is 0 Å². The zero-order chi connectivity index (χ0) is 13.6. The van der Waals surface area contributed by atoms with Crippen LogP contribution in [0.5, 0.6) is 0 Å². The largest absolute Gasteiger partial charge is 0.389 e. The van der Waals surface area contributed by atoms with Crippen molar-refractivity contribution in [3.05, 3.63) is 0 Å². The summed E-state index contributed by atoms with van der Waals surface area (Å²) in [5, 5.41) is 14.1. The molecule has 0 aromatic heterocycles. The summed E-state index contributed by atoms with van der Waals surface area (Å²) in [6, 6.07) is 0.554. The molecular formula is C14H29NO2S. The summed E-state index contributed by atoms with van der Waals surface area (Å²) >= 11 is 1.95. The van der Waals surface area contributed by atoms with Crippen molar-refractivity contribution in [3.8, 4) is 0 Å². The highest BCUT2D eigenvalue weighted by Gasteiger charge is 2.24. The molecule has 0 aromatic rings. The quantitative estimate of drug-likeness (QED) is 0.781. The Balaban J connectivity index is 2.22. The van der Waals surface area contributed by atoms with Crippen LogP contribution < -0.4 is 5.32 Å². The molecule has 1 fully saturated rings. The van der Waals surface area contributed by atoms with Crippen molar-refractivity contribution in [3.63, 3.8) is 0 Å². The lowest BCUT2D eigenvalue weighted by Crippen LogP contribution is -2.45. The van der Waals surface area contributed by atoms with E-state index in [4.69, 9.17) is 4.74 Å². The van der Waals surface area contributed by atoms with Gasteiger partial charge in [0.25, 0.3) is 0 Å². The molecular weight excluding hydrogens is 246 g/mol. The van der Waals surface area contributed by atoms with E-state index in [1.807, 2.05) is 32.5 Å². The first-order valence-electron chi connectivity index (χ1n) is 7.00. The highest BCUT2D eigenvalue weighted by Crippen LogP contribution is 2.27. The molecule has 1 saturated carbocycles.